The van der Waals surface area contributed by atoms with Crippen LogP contribution in [0.5, 0.6) is 11.5 Å². The molecule has 1 aliphatic heterocycles. The number of carbonyl (C=O) groups excluding carboxylic acids is 2. The SMILES string of the molecule is Cc1ccc(SCC(=O)OCC(=O)N[C@@H](C)c2ccc3c(c2)OCCO3)c(C)c1. The lowest BCUT2D eigenvalue weighted by molar-refractivity contribution is -0.146. The second-order valence-electron chi connectivity index (χ2n) is 6.91. The number of fused-ring (bicyclic) bond motifs is 1. The van der Waals surface area contributed by atoms with Crippen molar-refractivity contribution in [3.63, 3.8) is 0 Å². The first-order valence-corrected chi connectivity index (χ1v) is 10.5. The normalized spacial score (nSPS) is 13.5. The molecule has 0 unspecified atom stereocenters. The number of hydrogen-bond acceptors (Lipinski definition) is 6. The van der Waals surface area contributed by atoms with Crippen LogP contribution in [0.3, 0.4) is 0 Å². The van der Waals surface area contributed by atoms with Gasteiger partial charge in [-0.2, -0.15) is 0 Å². The number of amides is 1. The Hall–Kier alpha value is -2.67. The third kappa shape index (κ3) is 5.90. The van der Waals surface area contributed by atoms with Gasteiger partial charge in [-0.05, 0) is 50.1 Å². The van der Waals surface area contributed by atoms with E-state index < -0.39 is 5.97 Å². The van der Waals surface area contributed by atoms with E-state index in [0.29, 0.717) is 24.7 Å². The Morgan fingerprint density at radius 3 is 2.62 bits per heavy atom. The molecule has 6 nitrogen and oxygen atoms in total. The molecule has 0 aliphatic carbocycles. The lowest BCUT2D eigenvalue weighted by Crippen LogP contribution is -2.31. The van der Waals surface area contributed by atoms with Crippen molar-refractivity contribution >= 4 is 23.6 Å². The van der Waals surface area contributed by atoms with Gasteiger partial charge in [0.25, 0.3) is 5.91 Å². The largest absolute Gasteiger partial charge is 0.486 e. The van der Waals surface area contributed by atoms with Crippen LogP contribution in [0.1, 0.15) is 29.7 Å². The Kier molecular flexibility index (Phi) is 7.04. The minimum Gasteiger partial charge on any atom is -0.486 e. The molecule has 2 aromatic rings. The molecule has 0 bridgehead atoms. The summed E-state index contributed by atoms with van der Waals surface area (Å²) in [5.41, 5.74) is 3.19. The van der Waals surface area contributed by atoms with Crippen LogP contribution in [-0.2, 0) is 14.3 Å². The molecule has 0 spiro atoms. The zero-order valence-electron chi connectivity index (χ0n) is 16.8. The van der Waals surface area contributed by atoms with Crippen LogP contribution in [0.4, 0.5) is 0 Å². The number of hydrogen-bond donors (Lipinski definition) is 1. The first-order chi connectivity index (χ1) is 13.9. The molecule has 0 aromatic heterocycles. The molecule has 1 aliphatic rings. The van der Waals surface area contributed by atoms with E-state index in [0.717, 1.165) is 16.0 Å². The first kappa shape index (κ1) is 21.0. The summed E-state index contributed by atoms with van der Waals surface area (Å²) in [7, 11) is 0. The van der Waals surface area contributed by atoms with Gasteiger partial charge >= 0.3 is 5.97 Å². The van der Waals surface area contributed by atoms with Crippen LogP contribution in [0.25, 0.3) is 0 Å². The molecule has 1 amide bonds. The second-order valence-corrected chi connectivity index (χ2v) is 7.93. The zero-order valence-corrected chi connectivity index (χ0v) is 17.6. The maximum atomic E-state index is 12.1. The summed E-state index contributed by atoms with van der Waals surface area (Å²) >= 11 is 1.41. The number of benzene rings is 2. The van der Waals surface area contributed by atoms with Crippen molar-refractivity contribution in [1.29, 1.82) is 0 Å². The Bertz CT molecular complexity index is 899. The van der Waals surface area contributed by atoms with Crippen LogP contribution in [0, 0.1) is 13.8 Å². The minimum atomic E-state index is -0.419. The monoisotopic (exact) mass is 415 g/mol. The van der Waals surface area contributed by atoms with Crippen molar-refractivity contribution in [2.75, 3.05) is 25.6 Å². The van der Waals surface area contributed by atoms with Gasteiger partial charge in [0.2, 0.25) is 0 Å². The highest BCUT2D eigenvalue weighted by atomic mass is 32.2. The topological polar surface area (TPSA) is 73.9 Å². The summed E-state index contributed by atoms with van der Waals surface area (Å²) in [6.45, 7) is 6.63. The van der Waals surface area contributed by atoms with E-state index >= 15 is 0 Å². The van der Waals surface area contributed by atoms with Crippen molar-refractivity contribution in [1.82, 2.24) is 5.32 Å². The molecule has 3 rings (SSSR count). The summed E-state index contributed by atoms with van der Waals surface area (Å²) in [4.78, 5) is 25.1. The summed E-state index contributed by atoms with van der Waals surface area (Å²) in [6, 6.07) is 11.4. The number of ether oxygens (including phenoxy) is 3. The number of rotatable bonds is 7. The number of esters is 1. The standard InChI is InChI=1S/C22H25NO5S/c1-14-4-7-20(15(2)10-14)29-13-22(25)28-12-21(24)23-16(3)17-5-6-18-19(11-17)27-9-8-26-18/h4-7,10-11,16H,8-9,12-13H2,1-3H3,(H,23,24)/t16-/m0/s1. The third-order valence-corrected chi connectivity index (χ3v) is 5.63. The van der Waals surface area contributed by atoms with Gasteiger partial charge in [-0.3, -0.25) is 9.59 Å². The van der Waals surface area contributed by atoms with Gasteiger partial charge in [-0.1, -0.05) is 23.8 Å². The Morgan fingerprint density at radius 1 is 1.10 bits per heavy atom. The van der Waals surface area contributed by atoms with Crippen molar-refractivity contribution in [2.24, 2.45) is 0 Å². The van der Waals surface area contributed by atoms with Crippen LogP contribution in [0.15, 0.2) is 41.3 Å². The van der Waals surface area contributed by atoms with Gasteiger partial charge in [-0.15, -0.1) is 11.8 Å². The number of nitrogens with one attached hydrogen (secondary N) is 1. The van der Waals surface area contributed by atoms with Crippen molar-refractivity contribution in [3.05, 3.63) is 53.1 Å². The van der Waals surface area contributed by atoms with E-state index in [4.69, 9.17) is 14.2 Å². The molecule has 7 heteroatoms. The fraction of sp³-hybridized carbons (Fsp3) is 0.364. The highest BCUT2D eigenvalue weighted by Gasteiger charge is 2.16. The molecule has 0 saturated heterocycles. The molecule has 29 heavy (non-hydrogen) atoms. The van der Waals surface area contributed by atoms with Gasteiger partial charge in [0.1, 0.15) is 13.2 Å². The van der Waals surface area contributed by atoms with Crippen molar-refractivity contribution < 1.29 is 23.8 Å². The average Bonchev–Trinajstić information content (AvgIpc) is 2.71. The summed E-state index contributed by atoms with van der Waals surface area (Å²) in [5, 5.41) is 2.83. The molecule has 1 N–H and O–H groups in total. The maximum absolute atomic E-state index is 12.1. The van der Waals surface area contributed by atoms with Gasteiger partial charge < -0.3 is 19.5 Å². The predicted molar refractivity (Wildman–Crippen MR) is 112 cm³/mol. The van der Waals surface area contributed by atoms with Gasteiger partial charge in [0.15, 0.2) is 18.1 Å². The van der Waals surface area contributed by atoms with E-state index in [9.17, 15) is 9.59 Å². The third-order valence-electron chi connectivity index (χ3n) is 4.48. The molecule has 0 saturated carbocycles. The average molecular weight is 416 g/mol. The molecule has 0 radical (unpaired) electrons. The zero-order chi connectivity index (χ0) is 20.8. The van der Waals surface area contributed by atoms with Crippen molar-refractivity contribution in [3.8, 4) is 11.5 Å². The van der Waals surface area contributed by atoms with E-state index in [2.05, 4.69) is 11.4 Å². The highest BCUT2D eigenvalue weighted by Crippen LogP contribution is 2.32. The van der Waals surface area contributed by atoms with Crippen LogP contribution in [0.2, 0.25) is 0 Å². The molecule has 154 valence electrons. The summed E-state index contributed by atoms with van der Waals surface area (Å²) < 4.78 is 16.2. The summed E-state index contributed by atoms with van der Waals surface area (Å²) in [6.07, 6.45) is 0. The smallest absolute Gasteiger partial charge is 0.316 e. The molecule has 1 heterocycles. The molecule has 1 atom stereocenters. The molecular weight excluding hydrogens is 390 g/mol. The van der Waals surface area contributed by atoms with E-state index in [1.54, 1.807) is 0 Å². The molecule has 2 aromatic carbocycles. The van der Waals surface area contributed by atoms with Crippen LogP contribution in [-0.4, -0.2) is 37.4 Å². The molecule has 0 fully saturated rings. The second kappa shape index (κ2) is 9.69. The number of thioether (sulfide) groups is 1. The van der Waals surface area contributed by atoms with Gasteiger partial charge in [0.05, 0.1) is 11.8 Å². The summed E-state index contributed by atoms with van der Waals surface area (Å²) in [5.74, 6) is 0.766. The fourth-order valence-electron chi connectivity index (χ4n) is 2.98. The first-order valence-electron chi connectivity index (χ1n) is 9.47. The Balaban J connectivity index is 1.43. The number of carbonyl (C=O) groups is 2. The fourth-order valence-corrected chi connectivity index (χ4v) is 3.79. The van der Waals surface area contributed by atoms with E-state index in [1.807, 2.05) is 51.1 Å². The lowest BCUT2D eigenvalue weighted by atomic mass is 10.1. The van der Waals surface area contributed by atoms with Crippen LogP contribution >= 0.6 is 11.8 Å². The predicted octanol–water partition coefficient (Wildman–Crippen LogP) is 3.59. The van der Waals surface area contributed by atoms with Crippen LogP contribution < -0.4 is 14.8 Å². The lowest BCUT2D eigenvalue weighted by Gasteiger charge is -2.21. The Labute approximate surface area is 174 Å². The highest BCUT2D eigenvalue weighted by molar-refractivity contribution is 8.00. The van der Waals surface area contributed by atoms with Gasteiger partial charge in [0, 0.05) is 4.90 Å². The Morgan fingerprint density at radius 2 is 1.86 bits per heavy atom. The molecular formula is C22H25NO5S. The van der Waals surface area contributed by atoms with Crippen molar-refractivity contribution in [2.45, 2.75) is 31.7 Å². The quantitative estimate of drug-likeness (QED) is 0.550. The maximum Gasteiger partial charge on any atom is 0.316 e. The van der Waals surface area contributed by atoms with E-state index in [1.165, 1.54) is 17.3 Å². The minimum absolute atomic E-state index is 0.162. The number of aryl methyl sites for hydroxylation is 2. The van der Waals surface area contributed by atoms with Gasteiger partial charge in [-0.25, -0.2) is 0 Å². The van der Waals surface area contributed by atoms with E-state index in [-0.39, 0.29) is 24.3 Å².